The highest BCUT2D eigenvalue weighted by atomic mass is 16.7. The number of nitriles is 2. The Morgan fingerprint density at radius 3 is 1.63 bits per heavy atom. The number of nitro groups is 2. The lowest BCUT2D eigenvalue weighted by Gasteiger charge is -2.06. The van der Waals surface area contributed by atoms with Gasteiger partial charge < -0.3 is 19.9 Å². The molecule has 0 aliphatic heterocycles. The van der Waals surface area contributed by atoms with Crippen LogP contribution in [-0.2, 0) is 9.59 Å². The molecule has 2 aromatic carbocycles. The van der Waals surface area contributed by atoms with E-state index in [2.05, 4.69) is 0 Å². The minimum Gasteiger partial charge on any atom is -0.511 e. The monoisotopic (exact) mass is 526 g/mol. The highest BCUT2D eigenvalue weighted by Crippen LogP contribution is 2.18. The highest BCUT2D eigenvalue weighted by Gasteiger charge is 2.15. The minimum atomic E-state index is -0.950. The zero-order valence-electron chi connectivity index (χ0n) is 19.6. The summed E-state index contributed by atoms with van der Waals surface area (Å²) in [6.45, 7) is 2.36. The second-order valence-corrected chi connectivity index (χ2v) is 6.72. The number of nitrogens with one attached hydrogen (secondary N) is 2. The zero-order chi connectivity index (χ0) is 28.8. The van der Waals surface area contributed by atoms with Gasteiger partial charge in [-0.25, -0.2) is 0 Å². The summed E-state index contributed by atoms with van der Waals surface area (Å²) < 4.78 is 0. The quantitative estimate of drug-likeness (QED) is 0.127. The predicted molar refractivity (Wildman–Crippen MR) is 126 cm³/mol. The molecule has 16 nitrogen and oxygen atoms in total. The molecular weight excluding hydrogens is 508 g/mol. The third-order valence-electron chi connectivity index (χ3n) is 4.00. The first-order valence-electron chi connectivity index (χ1n) is 9.94. The molecule has 196 valence electrons. The second-order valence-electron chi connectivity index (χ2n) is 6.72. The normalized spacial score (nSPS) is 10.9. The summed E-state index contributed by atoms with van der Waals surface area (Å²) in [6.07, 6.45) is 0. The van der Waals surface area contributed by atoms with Crippen molar-refractivity contribution in [3.63, 3.8) is 0 Å². The van der Waals surface area contributed by atoms with Crippen LogP contribution in [0.1, 0.15) is 13.8 Å². The van der Waals surface area contributed by atoms with Crippen LogP contribution in [0.15, 0.2) is 71.2 Å². The fraction of sp³-hybridized carbons (Fsp3) is 0.0909. The molecule has 0 unspecified atom stereocenters. The Labute approximate surface area is 213 Å². The van der Waals surface area contributed by atoms with Gasteiger partial charge in [0.05, 0.1) is 15.9 Å². The Hall–Kier alpha value is -6.16. The number of hydrogen-bond acceptors (Lipinski definition) is 12. The maximum Gasteiger partial charge on any atom is 0.297 e. The summed E-state index contributed by atoms with van der Waals surface area (Å²) in [7, 11) is 0. The first-order valence-corrected chi connectivity index (χ1v) is 9.94. The molecule has 16 heteroatoms. The molecule has 0 heterocycles. The van der Waals surface area contributed by atoms with Gasteiger partial charge in [-0.05, 0) is 32.0 Å². The molecule has 2 amide bonds. The number of allylic oxidation sites excluding steroid dienone is 2. The topological polar surface area (TPSA) is 251 Å². The van der Waals surface area contributed by atoms with E-state index in [-0.39, 0.29) is 22.9 Å². The van der Waals surface area contributed by atoms with Crippen molar-refractivity contribution in [2.24, 2.45) is 0 Å². The number of rotatable bonds is 8. The van der Waals surface area contributed by atoms with Gasteiger partial charge in [0.25, 0.3) is 23.2 Å². The van der Waals surface area contributed by atoms with E-state index in [0.29, 0.717) is 0 Å². The van der Waals surface area contributed by atoms with Crippen molar-refractivity contribution in [1.82, 2.24) is 11.0 Å². The standard InChI is InChI=1S/2C11H9N3O5/c1-7(15)10(6-12)11(16)13-19-9-4-2-8(3-5-9)14(17)18;1-7(15)10(6-12)11(16)13-19-9-4-2-3-8(5-9)14(17)18/h2*2-5,15H,1H3,(H,13,16)/b2*10-7+. The molecule has 38 heavy (non-hydrogen) atoms. The third kappa shape index (κ3) is 9.24. The SMILES string of the molecule is C/C(O)=C(/C#N)C(=O)NOc1ccc([N+](=O)[O-])cc1.C/C(O)=C(/C#N)C(=O)NOc1cccc([N+](=O)[O-])c1. The molecule has 0 saturated carbocycles. The van der Waals surface area contributed by atoms with Gasteiger partial charge in [-0.1, -0.05) is 6.07 Å². The van der Waals surface area contributed by atoms with Gasteiger partial charge in [0.1, 0.15) is 23.7 Å². The van der Waals surface area contributed by atoms with Crippen LogP contribution in [0, 0.1) is 42.9 Å². The number of aliphatic hydroxyl groups is 2. The van der Waals surface area contributed by atoms with Gasteiger partial charge in [0.2, 0.25) is 0 Å². The summed E-state index contributed by atoms with van der Waals surface area (Å²) >= 11 is 0. The van der Waals surface area contributed by atoms with Crippen molar-refractivity contribution in [2.45, 2.75) is 13.8 Å². The summed E-state index contributed by atoms with van der Waals surface area (Å²) in [5.41, 5.74) is 2.50. The molecular formula is C22H18N6O10. The lowest BCUT2D eigenvalue weighted by Crippen LogP contribution is -2.28. The Kier molecular flexibility index (Phi) is 11.2. The number of non-ortho nitro benzene ring substituents is 2. The maximum absolute atomic E-state index is 11.4. The van der Waals surface area contributed by atoms with Crippen LogP contribution in [0.3, 0.4) is 0 Å². The van der Waals surface area contributed by atoms with Crippen molar-refractivity contribution in [1.29, 1.82) is 10.5 Å². The number of aliphatic hydroxyl groups excluding tert-OH is 2. The lowest BCUT2D eigenvalue weighted by molar-refractivity contribution is -0.385. The van der Waals surface area contributed by atoms with Gasteiger partial charge in [0.15, 0.2) is 22.6 Å². The van der Waals surface area contributed by atoms with Crippen LogP contribution in [-0.4, -0.2) is 31.9 Å². The fourth-order valence-electron chi connectivity index (χ4n) is 2.20. The molecule has 0 atom stereocenters. The van der Waals surface area contributed by atoms with Crippen molar-refractivity contribution in [3.8, 4) is 23.6 Å². The smallest absolute Gasteiger partial charge is 0.297 e. The Morgan fingerprint density at radius 2 is 1.24 bits per heavy atom. The zero-order valence-corrected chi connectivity index (χ0v) is 19.6. The highest BCUT2D eigenvalue weighted by molar-refractivity contribution is 5.97. The number of hydrogen-bond donors (Lipinski definition) is 4. The van der Waals surface area contributed by atoms with E-state index in [1.54, 1.807) is 0 Å². The van der Waals surface area contributed by atoms with E-state index in [9.17, 15) is 29.8 Å². The first-order chi connectivity index (χ1) is 17.9. The Bertz CT molecular complexity index is 1360. The number of carbonyl (C=O) groups excluding carboxylic acids is 2. The summed E-state index contributed by atoms with van der Waals surface area (Å²) in [5, 5.41) is 56.2. The molecule has 0 aliphatic rings. The molecule has 4 N–H and O–H groups in total. The van der Waals surface area contributed by atoms with Gasteiger partial charge in [-0.15, -0.1) is 0 Å². The van der Waals surface area contributed by atoms with E-state index in [1.165, 1.54) is 68.5 Å². The molecule has 0 spiro atoms. The van der Waals surface area contributed by atoms with Crippen molar-refractivity contribution in [3.05, 3.63) is 91.4 Å². The Morgan fingerprint density at radius 1 is 0.789 bits per heavy atom. The number of benzene rings is 2. The van der Waals surface area contributed by atoms with E-state index in [0.717, 1.165) is 6.07 Å². The molecule has 0 aliphatic carbocycles. The van der Waals surface area contributed by atoms with Crippen LogP contribution in [0.4, 0.5) is 11.4 Å². The molecule has 0 bridgehead atoms. The number of nitrogens with zero attached hydrogens (tertiary/aromatic N) is 4. The van der Waals surface area contributed by atoms with Gasteiger partial charge in [-0.2, -0.15) is 21.5 Å². The number of hydroxylamine groups is 2. The van der Waals surface area contributed by atoms with Gasteiger partial charge in [0, 0.05) is 18.2 Å². The average molecular weight is 526 g/mol. The fourth-order valence-corrected chi connectivity index (χ4v) is 2.20. The molecule has 2 aromatic rings. The third-order valence-corrected chi connectivity index (χ3v) is 4.00. The van der Waals surface area contributed by atoms with Gasteiger partial charge >= 0.3 is 0 Å². The van der Waals surface area contributed by atoms with Crippen LogP contribution in [0.25, 0.3) is 0 Å². The molecule has 0 saturated heterocycles. The molecule has 0 fully saturated rings. The largest absolute Gasteiger partial charge is 0.511 e. The minimum absolute atomic E-state index is 0.0235. The van der Waals surface area contributed by atoms with Crippen LogP contribution < -0.4 is 20.6 Å². The van der Waals surface area contributed by atoms with Crippen molar-refractivity contribution >= 4 is 23.2 Å². The molecule has 0 aromatic heterocycles. The lowest BCUT2D eigenvalue weighted by atomic mass is 10.2. The van der Waals surface area contributed by atoms with Crippen LogP contribution in [0.2, 0.25) is 0 Å². The van der Waals surface area contributed by atoms with Crippen LogP contribution in [0.5, 0.6) is 11.5 Å². The van der Waals surface area contributed by atoms with Crippen molar-refractivity contribution < 1.29 is 39.3 Å². The van der Waals surface area contributed by atoms with Gasteiger partial charge in [-0.3, -0.25) is 29.8 Å². The molecule has 0 radical (unpaired) electrons. The van der Waals surface area contributed by atoms with E-state index in [4.69, 9.17) is 30.4 Å². The second kappa shape index (κ2) is 14.3. The van der Waals surface area contributed by atoms with Crippen molar-refractivity contribution in [2.75, 3.05) is 0 Å². The maximum atomic E-state index is 11.4. The van der Waals surface area contributed by atoms with E-state index < -0.39 is 44.3 Å². The van der Waals surface area contributed by atoms with E-state index >= 15 is 0 Å². The first kappa shape index (κ1) is 29.9. The average Bonchev–Trinajstić information content (AvgIpc) is 2.87. The number of amides is 2. The Balaban J connectivity index is 0.000000380. The number of nitro benzene ring substituents is 2. The summed E-state index contributed by atoms with van der Waals surface area (Å²) in [4.78, 5) is 52.1. The number of carbonyl (C=O) groups is 2. The summed E-state index contributed by atoms with van der Waals surface area (Å²) in [6, 6.07) is 13.1. The summed E-state index contributed by atoms with van der Waals surface area (Å²) in [5.74, 6) is -2.59. The molecule has 2 rings (SSSR count). The van der Waals surface area contributed by atoms with Crippen LogP contribution >= 0.6 is 0 Å². The van der Waals surface area contributed by atoms with E-state index in [1.807, 2.05) is 11.0 Å². The predicted octanol–water partition coefficient (Wildman–Crippen LogP) is 2.72.